The zero-order chi connectivity index (χ0) is 23.0. The molecule has 0 bridgehead atoms. The molecular formula is C21H30BBrN2O6. The van der Waals surface area contributed by atoms with E-state index < -0.39 is 42.0 Å². The monoisotopic (exact) mass is 496 g/mol. The molecule has 1 aromatic carbocycles. The van der Waals surface area contributed by atoms with Crippen LogP contribution in [0, 0.1) is 0 Å². The summed E-state index contributed by atoms with van der Waals surface area (Å²) in [6, 6.07) is 8.68. The Bertz CT molecular complexity index is 751. The summed E-state index contributed by atoms with van der Waals surface area (Å²) >= 11 is 3.39. The quantitative estimate of drug-likeness (QED) is 0.196. The molecule has 2 amide bonds. The summed E-state index contributed by atoms with van der Waals surface area (Å²) in [7, 11) is -1.70. The molecule has 4 atom stereocenters. The first-order chi connectivity index (χ1) is 14.7. The number of hydrogen-bond acceptors (Lipinski definition) is 6. The lowest BCUT2D eigenvalue weighted by atomic mass is 9.76. The molecule has 1 fully saturated rings. The average Bonchev–Trinajstić information content (AvgIpc) is 3.06. The van der Waals surface area contributed by atoms with E-state index in [2.05, 4.69) is 21.2 Å². The number of unbranched alkanes of at least 4 members (excludes halogenated alkanes) is 1. The highest BCUT2D eigenvalue weighted by Gasteiger charge is 2.47. The Kier molecular flexibility index (Phi) is 9.99. The number of nitrogens with one attached hydrogen (secondary N) is 1. The van der Waals surface area contributed by atoms with Crippen LogP contribution in [0.25, 0.3) is 0 Å². The number of carbonyl (C=O) groups is 3. The first-order valence-corrected chi connectivity index (χ1v) is 11.5. The third kappa shape index (κ3) is 7.33. The highest BCUT2D eigenvalue weighted by Crippen LogP contribution is 2.32. The summed E-state index contributed by atoms with van der Waals surface area (Å²) in [6.45, 7) is 3.30. The summed E-state index contributed by atoms with van der Waals surface area (Å²) in [6.07, 6.45) is 2.12. The van der Waals surface area contributed by atoms with Crippen molar-refractivity contribution in [2.24, 2.45) is 0 Å². The van der Waals surface area contributed by atoms with Crippen LogP contribution in [-0.2, 0) is 25.5 Å². The molecule has 3 N–H and O–H groups in total. The summed E-state index contributed by atoms with van der Waals surface area (Å²) in [4.78, 5) is 38.0. The van der Waals surface area contributed by atoms with Gasteiger partial charge >= 0.3 is 13.1 Å². The van der Waals surface area contributed by atoms with Gasteiger partial charge in [0.25, 0.3) is 0 Å². The number of hydrogen-bond donors (Lipinski definition) is 3. The molecule has 1 aliphatic heterocycles. The van der Waals surface area contributed by atoms with E-state index >= 15 is 0 Å². The van der Waals surface area contributed by atoms with E-state index in [0.29, 0.717) is 19.3 Å². The molecule has 10 heteroatoms. The number of likely N-dealkylation sites (tertiary alicyclic amines) is 1. The SMILES string of the molecule is CCCC[C@H](NC(=O)C1C[C@@H](OC(=O)CCc2ccccc2)C(Br)N1C(C)=O)B(O)O. The maximum Gasteiger partial charge on any atom is 0.475 e. The molecule has 8 nitrogen and oxygen atoms in total. The number of rotatable bonds is 10. The van der Waals surface area contributed by atoms with Gasteiger partial charge in [-0.25, -0.2) is 0 Å². The van der Waals surface area contributed by atoms with Gasteiger partial charge in [0.1, 0.15) is 17.1 Å². The molecule has 0 aromatic heterocycles. The summed E-state index contributed by atoms with van der Waals surface area (Å²) in [5.74, 6) is -2.09. The van der Waals surface area contributed by atoms with Gasteiger partial charge in [-0.1, -0.05) is 66.0 Å². The predicted molar refractivity (Wildman–Crippen MR) is 120 cm³/mol. The molecule has 170 valence electrons. The highest BCUT2D eigenvalue weighted by atomic mass is 79.9. The maximum absolute atomic E-state index is 12.8. The van der Waals surface area contributed by atoms with Crippen molar-refractivity contribution in [2.45, 2.75) is 75.4 Å². The Morgan fingerprint density at radius 2 is 1.97 bits per heavy atom. The van der Waals surface area contributed by atoms with Gasteiger partial charge in [-0.2, -0.15) is 0 Å². The zero-order valence-electron chi connectivity index (χ0n) is 17.9. The van der Waals surface area contributed by atoms with Crippen molar-refractivity contribution in [2.75, 3.05) is 0 Å². The maximum atomic E-state index is 12.8. The largest absolute Gasteiger partial charge is 0.475 e. The van der Waals surface area contributed by atoms with Crippen LogP contribution in [0.15, 0.2) is 30.3 Å². The van der Waals surface area contributed by atoms with Crippen LogP contribution >= 0.6 is 15.9 Å². The van der Waals surface area contributed by atoms with Gasteiger partial charge in [0.15, 0.2) is 0 Å². The lowest BCUT2D eigenvalue weighted by Crippen LogP contribution is -2.53. The molecular weight excluding hydrogens is 467 g/mol. The van der Waals surface area contributed by atoms with Crippen LogP contribution in [0.2, 0.25) is 0 Å². The van der Waals surface area contributed by atoms with Crippen molar-refractivity contribution < 1.29 is 29.2 Å². The van der Waals surface area contributed by atoms with Crippen LogP contribution < -0.4 is 5.32 Å². The number of halogens is 1. The second-order valence-corrected chi connectivity index (χ2v) is 8.67. The summed E-state index contributed by atoms with van der Waals surface area (Å²) in [5.41, 5.74) is 1.02. The van der Waals surface area contributed by atoms with Crippen LogP contribution in [0.5, 0.6) is 0 Å². The number of amides is 2. The molecule has 0 radical (unpaired) electrons. The molecule has 1 saturated heterocycles. The van der Waals surface area contributed by atoms with Gasteiger partial charge in [-0.3, -0.25) is 14.4 Å². The minimum atomic E-state index is -1.70. The van der Waals surface area contributed by atoms with Crippen molar-refractivity contribution >= 4 is 40.8 Å². The Morgan fingerprint density at radius 3 is 2.55 bits per heavy atom. The number of benzene rings is 1. The van der Waals surface area contributed by atoms with Gasteiger partial charge in [-0.05, 0) is 18.4 Å². The smallest absolute Gasteiger partial charge is 0.459 e. The molecule has 2 unspecified atom stereocenters. The van der Waals surface area contributed by atoms with Crippen LogP contribution in [0.4, 0.5) is 0 Å². The topological polar surface area (TPSA) is 116 Å². The highest BCUT2D eigenvalue weighted by molar-refractivity contribution is 9.09. The lowest BCUT2D eigenvalue weighted by molar-refractivity contribution is -0.149. The second-order valence-electron chi connectivity index (χ2n) is 7.74. The van der Waals surface area contributed by atoms with Crippen LogP contribution in [0.1, 0.15) is 51.5 Å². The molecule has 0 aliphatic carbocycles. The Balaban J connectivity index is 2.00. The number of ether oxygens (including phenoxy) is 1. The minimum absolute atomic E-state index is 0.125. The third-order valence-electron chi connectivity index (χ3n) is 5.33. The zero-order valence-corrected chi connectivity index (χ0v) is 19.5. The van der Waals surface area contributed by atoms with E-state index in [1.807, 2.05) is 37.3 Å². The fourth-order valence-electron chi connectivity index (χ4n) is 3.65. The van der Waals surface area contributed by atoms with Crippen molar-refractivity contribution in [3.63, 3.8) is 0 Å². The van der Waals surface area contributed by atoms with E-state index in [9.17, 15) is 24.4 Å². The van der Waals surface area contributed by atoms with Crippen molar-refractivity contribution in [1.29, 1.82) is 0 Å². The van der Waals surface area contributed by atoms with Gasteiger partial charge in [-0.15, -0.1) is 0 Å². The molecule has 1 heterocycles. The van der Waals surface area contributed by atoms with Crippen LogP contribution in [0.3, 0.4) is 0 Å². The lowest BCUT2D eigenvalue weighted by Gasteiger charge is -2.27. The fourth-order valence-corrected chi connectivity index (χ4v) is 4.54. The first kappa shape index (κ1) is 25.4. The Hall–Kier alpha value is -1.91. The van der Waals surface area contributed by atoms with Gasteiger partial charge in [0, 0.05) is 19.8 Å². The van der Waals surface area contributed by atoms with Gasteiger partial charge < -0.3 is 25.0 Å². The standard InChI is InChI=1S/C21H30BBrN2O6/c1-3-4-10-18(22(29)30)24-21(28)16-13-17(20(23)25(16)14(2)26)31-19(27)12-11-15-8-6-5-7-9-15/h5-9,16-18,20,29-30H,3-4,10-13H2,1-2H3,(H,24,28)/t16?,17-,18+,20?/m1/s1. The molecule has 2 rings (SSSR count). The van der Waals surface area contributed by atoms with Gasteiger partial charge in [0.2, 0.25) is 11.8 Å². The van der Waals surface area contributed by atoms with E-state index in [-0.39, 0.29) is 18.7 Å². The minimum Gasteiger partial charge on any atom is -0.459 e. The average molecular weight is 497 g/mol. The van der Waals surface area contributed by atoms with Crippen molar-refractivity contribution in [1.82, 2.24) is 10.2 Å². The summed E-state index contributed by atoms with van der Waals surface area (Å²) in [5, 5.41) is 21.8. The number of esters is 1. The van der Waals surface area contributed by atoms with Crippen molar-refractivity contribution in [3.8, 4) is 0 Å². The van der Waals surface area contributed by atoms with Crippen LogP contribution in [-0.4, -0.2) is 62.9 Å². The first-order valence-electron chi connectivity index (χ1n) is 10.6. The van der Waals surface area contributed by atoms with E-state index in [1.165, 1.54) is 11.8 Å². The Morgan fingerprint density at radius 1 is 1.29 bits per heavy atom. The Labute approximate surface area is 191 Å². The summed E-state index contributed by atoms with van der Waals surface area (Å²) < 4.78 is 5.57. The number of carbonyl (C=O) groups excluding carboxylic acids is 3. The second kappa shape index (κ2) is 12.2. The normalized spacial score (nSPS) is 21.5. The molecule has 1 aliphatic rings. The van der Waals surface area contributed by atoms with E-state index in [4.69, 9.17) is 4.74 Å². The number of alkyl halides is 1. The molecule has 31 heavy (non-hydrogen) atoms. The van der Waals surface area contributed by atoms with Crippen molar-refractivity contribution in [3.05, 3.63) is 35.9 Å². The van der Waals surface area contributed by atoms with E-state index in [0.717, 1.165) is 12.0 Å². The third-order valence-corrected chi connectivity index (χ3v) is 6.36. The number of nitrogens with zero attached hydrogens (tertiary/aromatic N) is 1. The molecule has 1 aromatic rings. The predicted octanol–water partition coefficient (Wildman–Crippen LogP) is 1.56. The molecule has 0 saturated carbocycles. The molecule has 0 spiro atoms. The fraction of sp³-hybridized carbons (Fsp3) is 0.571. The number of aryl methyl sites for hydroxylation is 1. The van der Waals surface area contributed by atoms with Gasteiger partial charge in [0.05, 0.1) is 5.94 Å². The van der Waals surface area contributed by atoms with E-state index in [1.54, 1.807) is 0 Å².